The molecular formula is C35H39N5O5. The van der Waals surface area contributed by atoms with E-state index in [0.717, 1.165) is 35.8 Å². The Labute approximate surface area is 263 Å². The number of amides is 3. The molecule has 0 aliphatic carbocycles. The van der Waals surface area contributed by atoms with Crippen LogP contribution in [0.25, 0.3) is 0 Å². The van der Waals surface area contributed by atoms with Gasteiger partial charge in [0.1, 0.15) is 17.2 Å². The Hall–Kier alpha value is -5.38. The number of para-hydroxylation sites is 2. The molecule has 4 aromatic carbocycles. The smallest absolute Gasteiger partial charge is 0.323 e. The van der Waals surface area contributed by atoms with Crippen LogP contribution >= 0.6 is 0 Å². The van der Waals surface area contributed by atoms with E-state index in [1.165, 1.54) is 7.11 Å². The highest BCUT2D eigenvalue weighted by atomic mass is 16.5. The number of carbonyl (C=O) groups excluding carboxylic acids is 2. The topological polar surface area (TPSA) is 104 Å². The molecule has 234 valence electrons. The lowest BCUT2D eigenvalue weighted by Gasteiger charge is -2.38. The first-order valence-electron chi connectivity index (χ1n) is 14.9. The van der Waals surface area contributed by atoms with Gasteiger partial charge in [-0.15, -0.1) is 0 Å². The number of carbonyl (C=O) groups is 2. The summed E-state index contributed by atoms with van der Waals surface area (Å²) in [5, 5.41) is 8.75. The fourth-order valence-corrected chi connectivity index (χ4v) is 5.40. The number of hydrogen-bond acceptors (Lipinski definition) is 7. The third-order valence-corrected chi connectivity index (χ3v) is 7.74. The number of piperazine rings is 1. The van der Waals surface area contributed by atoms with Crippen molar-refractivity contribution in [2.24, 2.45) is 0 Å². The van der Waals surface area contributed by atoms with Crippen LogP contribution in [0.15, 0.2) is 91.0 Å². The summed E-state index contributed by atoms with van der Waals surface area (Å²) < 4.78 is 16.2. The Bertz CT molecular complexity index is 1610. The third-order valence-electron chi connectivity index (χ3n) is 7.74. The van der Waals surface area contributed by atoms with Crippen LogP contribution in [-0.2, 0) is 6.42 Å². The van der Waals surface area contributed by atoms with E-state index in [2.05, 4.69) is 31.8 Å². The van der Waals surface area contributed by atoms with Gasteiger partial charge in [-0.3, -0.25) is 4.79 Å². The van der Waals surface area contributed by atoms with E-state index in [4.69, 9.17) is 14.2 Å². The van der Waals surface area contributed by atoms with Gasteiger partial charge in [0.2, 0.25) is 0 Å². The van der Waals surface area contributed by atoms with Crippen molar-refractivity contribution in [2.45, 2.75) is 6.42 Å². The second kappa shape index (κ2) is 14.9. The van der Waals surface area contributed by atoms with Gasteiger partial charge in [-0.1, -0.05) is 42.5 Å². The van der Waals surface area contributed by atoms with Crippen molar-refractivity contribution in [1.29, 1.82) is 0 Å². The Kier molecular flexibility index (Phi) is 10.3. The van der Waals surface area contributed by atoms with Crippen LogP contribution in [0.3, 0.4) is 0 Å². The van der Waals surface area contributed by atoms with Gasteiger partial charge in [-0.2, -0.15) is 0 Å². The fraction of sp³-hybridized carbons (Fsp3) is 0.257. The van der Waals surface area contributed by atoms with E-state index in [-0.39, 0.29) is 5.91 Å². The van der Waals surface area contributed by atoms with Gasteiger partial charge in [0.15, 0.2) is 0 Å². The summed E-state index contributed by atoms with van der Waals surface area (Å²) >= 11 is 0. The summed E-state index contributed by atoms with van der Waals surface area (Å²) in [7, 11) is 4.77. The molecule has 45 heavy (non-hydrogen) atoms. The molecule has 0 saturated carbocycles. The number of rotatable bonds is 11. The number of anilines is 4. The van der Waals surface area contributed by atoms with Gasteiger partial charge in [-0.25, -0.2) is 4.79 Å². The van der Waals surface area contributed by atoms with Crippen LogP contribution in [0, 0.1) is 0 Å². The molecule has 3 N–H and O–H groups in total. The Morgan fingerprint density at radius 2 is 1.38 bits per heavy atom. The van der Waals surface area contributed by atoms with Gasteiger partial charge in [-0.05, 0) is 54.4 Å². The van der Waals surface area contributed by atoms with Gasteiger partial charge in [0, 0.05) is 50.2 Å². The zero-order chi connectivity index (χ0) is 31.6. The molecule has 10 nitrogen and oxygen atoms in total. The second-order valence-electron chi connectivity index (χ2n) is 10.5. The van der Waals surface area contributed by atoms with Crippen LogP contribution in [0.5, 0.6) is 17.2 Å². The van der Waals surface area contributed by atoms with Crippen LogP contribution in [-0.4, -0.2) is 66.0 Å². The molecule has 0 atom stereocenters. The van der Waals surface area contributed by atoms with E-state index >= 15 is 0 Å². The van der Waals surface area contributed by atoms with Crippen molar-refractivity contribution >= 4 is 34.7 Å². The molecule has 1 saturated heterocycles. The molecular weight excluding hydrogens is 570 g/mol. The zero-order valence-electron chi connectivity index (χ0n) is 25.8. The number of nitrogens with zero attached hydrogens (tertiary/aromatic N) is 2. The largest absolute Gasteiger partial charge is 0.497 e. The highest BCUT2D eigenvalue weighted by Gasteiger charge is 2.24. The van der Waals surface area contributed by atoms with Crippen LogP contribution in [0.2, 0.25) is 0 Å². The van der Waals surface area contributed by atoms with Crippen LogP contribution in [0.4, 0.5) is 27.5 Å². The Morgan fingerprint density at radius 1 is 0.689 bits per heavy atom. The Morgan fingerprint density at radius 3 is 2.09 bits per heavy atom. The summed E-state index contributed by atoms with van der Waals surface area (Å²) in [4.78, 5) is 31.1. The van der Waals surface area contributed by atoms with Gasteiger partial charge in [0.05, 0.1) is 38.3 Å². The maximum Gasteiger partial charge on any atom is 0.323 e. The van der Waals surface area contributed by atoms with Crippen molar-refractivity contribution < 1.29 is 23.8 Å². The first-order valence-corrected chi connectivity index (χ1v) is 14.9. The lowest BCUT2D eigenvalue weighted by molar-refractivity contribution is 0.0954. The van der Waals surface area contributed by atoms with Gasteiger partial charge < -0.3 is 40.0 Å². The number of benzene rings is 4. The second-order valence-corrected chi connectivity index (χ2v) is 10.5. The van der Waals surface area contributed by atoms with Crippen molar-refractivity contribution in [3.05, 3.63) is 102 Å². The first-order chi connectivity index (χ1) is 22.0. The minimum atomic E-state index is -0.466. The summed E-state index contributed by atoms with van der Waals surface area (Å²) in [5.41, 5.74) is 4.48. The average Bonchev–Trinajstić information content (AvgIpc) is 3.09. The molecule has 3 amide bonds. The number of nitrogens with one attached hydrogen (secondary N) is 3. The lowest BCUT2D eigenvalue weighted by atomic mass is 10.1. The van der Waals surface area contributed by atoms with E-state index in [9.17, 15) is 9.59 Å². The van der Waals surface area contributed by atoms with E-state index in [1.54, 1.807) is 38.5 Å². The fourth-order valence-electron chi connectivity index (χ4n) is 5.40. The number of methoxy groups -OCH3 is 3. The van der Waals surface area contributed by atoms with Crippen molar-refractivity contribution in [3.63, 3.8) is 0 Å². The number of hydrogen-bond donors (Lipinski definition) is 3. The number of urea groups is 1. The predicted molar refractivity (Wildman–Crippen MR) is 179 cm³/mol. The minimum absolute atomic E-state index is 0.200. The van der Waals surface area contributed by atoms with Crippen LogP contribution in [0.1, 0.15) is 15.9 Å². The molecule has 1 aliphatic heterocycles. The molecule has 0 bridgehead atoms. The average molecular weight is 610 g/mol. The SMILES string of the molecule is COc1ccc(NC(=O)Nc2ccc(N3CCN(c4ccccc4OC)CC3)c(C(=O)NCCc3ccccc3)c2)c(OC)c1. The molecule has 0 aromatic heterocycles. The van der Waals surface area contributed by atoms with Crippen molar-refractivity contribution in [2.75, 3.05) is 74.5 Å². The van der Waals surface area contributed by atoms with Crippen LogP contribution < -0.4 is 40.0 Å². The maximum absolute atomic E-state index is 13.6. The summed E-state index contributed by atoms with van der Waals surface area (Å²) in [5.74, 6) is 1.71. The molecule has 4 aromatic rings. The zero-order valence-corrected chi connectivity index (χ0v) is 25.8. The molecule has 0 radical (unpaired) electrons. The molecule has 5 rings (SSSR count). The highest BCUT2D eigenvalue weighted by molar-refractivity contribution is 6.04. The minimum Gasteiger partial charge on any atom is -0.497 e. The van der Waals surface area contributed by atoms with E-state index < -0.39 is 6.03 Å². The normalized spacial score (nSPS) is 12.7. The summed E-state index contributed by atoms with van der Waals surface area (Å²) in [6.45, 7) is 3.45. The van der Waals surface area contributed by atoms with Crippen molar-refractivity contribution in [3.8, 4) is 17.2 Å². The van der Waals surface area contributed by atoms with Gasteiger partial charge in [0.25, 0.3) is 5.91 Å². The highest BCUT2D eigenvalue weighted by Crippen LogP contribution is 2.32. The molecule has 1 fully saturated rings. The van der Waals surface area contributed by atoms with E-state index in [1.807, 2.05) is 60.7 Å². The molecule has 10 heteroatoms. The summed E-state index contributed by atoms with van der Waals surface area (Å²) in [6.07, 6.45) is 0.712. The summed E-state index contributed by atoms with van der Waals surface area (Å²) in [6, 6.07) is 28.1. The standard InChI is InChI=1S/C35H39N5O5/c1-43-27-14-15-29(33(24-27)45-3)38-35(42)37-26-13-16-30(28(23-26)34(41)36-18-17-25-9-5-4-6-10-25)39-19-21-40(22-20-39)31-11-7-8-12-32(31)44-2/h4-16,23-24H,17-22H2,1-3H3,(H,36,41)(H2,37,38,42). The first kappa shape index (κ1) is 31.1. The molecule has 1 heterocycles. The Balaban J connectivity index is 1.32. The third kappa shape index (κ3) is 7.77. The van der Waals surface area contributed by atoms with E-state index in [0.29, 0.717) is 54.5 Å². The van der Waals surface area contributed by atoms with Crippen molar-refractivity contribution in [1.82, 2.24) is 5.32 Å². The molecule has 0 spiro atoms. The molecule has 0 unspecified atom stereocenters. The number of ether oxygens (including phenoxy) is 3. The lowest BCUT2D eigenvalue weighted by Crippen LogP contribution is -2.47. The van der Waals surface area contributed by atoms with Gasteiger partial charge >= 0.3 is 6.03 Å². The predicted octanol–water partition coefficient (Wildman–Crippen LogP) is 5.66. The maximum atomic E-state index is 13.6. The monoisotopic (exact) mass is 609 g/mol. The molecule has 1 aliphatic rings. The quantitative estimate of drug-likeness (QED) is 0.202.